The van der Waals surface area contributed by atoms with Crippen LogP contribution in [0.1, 0.15) is 26.7 Å². The van der Waals surface area contributed by atoms with Gasteiger partial charge in [0.15, 0.2) is 0 Å². The van der Waals surface area contributed by atoms with Gasteiger partial charge in [-0.25, -0.2) is 4.79 Å². The van der Waals surface area contributed by atoms with Crippen LogP contribution in [0.15, 0.2) is 12.2 Å². The standard InChI is InChI=1S/C17H26N2O8/c1-12(2)17(24)27-9-7-25-6-8-26-16(23)11-15(22)19-5-4-18-14(21)10-13(3)20/h1,4-11H2,2-3H3,(H,18,21)(H,19,22). The second-order valence-electron chi connectivity index (χ2n) is 5.50. The lowest BCUT2D eigenvalue weighted by Gasteiger charge is -2.08. The summed E-state index contributed by atoms with van der Waals surface area (Å²) in [4.78, 5) is 55.9. The molecule has 2 N–H and O–H groups in total. The number of ether oxygens (including phenoxy) is 3. The van der Waals surface area contributed by atoms with Gasteiger partial charge in [-0.1, -0.05) is 6.58 Å². The van der Waals surface area contributed by atoms with E-state index in [-0.39, 0.29) is 51.7 Å². The maximum absolute atomic E-state index is 11.5. The average molecular weight is 386 g/mol. The van der Waals surface area contributed by atoms with Crippen LogP contribution in [0, 0.1) is 0 Å². The van der Waals surface area contributed by atoms with Crippen molar-refractivity contribution in [3.8, 4) is 0 Å². The molecule has 0 saturated heterocycles. The van der Waals surface area contributed by atoms with Crippen LogP contribution in [0.5, 0.6) is 0 Å². The van der Waals surface area contributed by atoms with Crippen molar-refractivity contribution in [2.45, 2.75) is 26.7 Å². The zero-order chi connectivity index (χ0) is 20.7. The van der Waals surface area contributed by atoms with Crippen molar-refractivity contribution in [2.75, 3.05) is 39.5 Å². The molecule has 0 fully saturated rings. The SMILES string of the molecule is C=C(C)C(=O)OCCOCCOC(=O)CC(=O)NCCNC(=O)CC(C)=O. The van der Waals surface area contributed by atoms with Crippen LogP contribution < -0.4 is 10.6 Å². The normalized spacial score (nSPS) is 9.85. The fraction of sp³-hybridized carbons (Fsp3) is 0.588. The molecule has 0 aliphatic heterocycles. The van der Waals surface area contributed by atoms with E-state index >= 15 is 0 Å². The molecule has 0 unspecified atom stereocenters. The summed E-state index contributed by atoms with van der Waals surface area (Å²) in [5.74, 6) is -2.45. The van der Waals surface area contributed by atoms with E-state index in [1.807, 2.05) is 0 Å². The second kappa shape index (κ2) is 14.4. The summed E-state index contributed by atoms with van der Waals surface area (Å²) in [6, 6.07) is 0. The van der Waals surface area contributed by atoms with Gasteiger partial charge in [-0.2, -0.15) is 0 Å². The Morgan fingerprint density at radius 1 is 0.778 bits per heavy atom. The third-order valence-electron chi connectivity index (χ3n) is 2.78. The zero-order valence-corrected chi connectivity index (χ0v) is 15.6. The van der Waals surface area contributed by atoms with Gasteiger partial charge in [0, 0.05) is 18.7 Å². The van der Waals surface area contributed by atoms with Crippen molar-refractivity contribution in [1.29, 1.82) is 0 Å². The van der Waals surface area contributed by atoms with Crippen LogP contribution in [0.3, 0.4) is 0 Å². The molecule has 0 aromatic carbocycles. The molecule has 0 aromatic rings. The summed E-state index contributed by atoms with van der Waals surface area (Å²) in [6.45, 7) is 6.80. The van der Waals surface area contributed by atoms with Crippen LogP contribution in [-0.2, 0) is 38.2 Å². The number of esters is 2. The monoisotopic (exact) mass is 386 g/mol. The average Bonchev–Trinajstić information content (AvgIpc) is 2.56. The van der Waals surface area contributed by atoms with Gasteiger partial charge in [0.1, 0.15) is 25.4 Å². The minimum absolute atomic E-state index is 0.0400. The van der Waals surface area contributed by atoms with Crippen LogP contribution in [0.4, 0.5) is 0 Å². The number of nitrogens with one attached hydrogen (secondary N) is 2. The van der Waals surface area contributed by atoms with Crippen molar-refractivity contribution < 1.29 is 38.2 Å². The molecule has 0 aliphatic rings. The van der Waals surface area contributed by atoms with Crippen molar-refractivity contribution in [1.82, 2.24) is 10.6 Å². The minimum atomic E-state index is -0.717. The van der Waals surface area contributed by atoms with Gasteiger partial charge < -0.3 is 24.8 Å². The number of Topliss-reactive ketones (excluding diaryl/α,β-unsaturated/α-hetero) is 1. The number of ketones is 1. The van der Waals surface area contributed by atoms with Crippen molar-refractivity contribution in [2.24, 2.45) is 0 Å². The lowest BCUT2D eigenvalue weighted by Crippen LogP contribution is -2.36. The molecule has 0 aromatic heterocycles. The predicted molar refractivity (Wildman–Crippen MR) is 93.5 cm³/mol. The third kappa shape index (κ3) is 15.2. The van der Waals surface area contributed by atoms with Crippen molar-refractivity contribution in [3.63, 3.8) is 0 Å². The third-order valence-corrected chi connectivity index (χ3v) is 2.78. The van der Waals surface area contributed by atoms with Gasteiger partial charge in [-0.3, -0.25) is 19.2 Å². The smallest absolute Gasteiger partial charge is 0.333 e. The van der Waals surface area contributed by atoms with Gasteiger partial charge >= 0.3 is 11.9 Å². The summed E-state index contributed by atoms with van der Waals surface area (Å²) in [6.07, 6.45) is -0.670. The number of carbonyl (C=O) groups is 5. The Balaban J connectivity index is 3.60. The molecule has 0 aliphatic carbocycles. The van der Waals surface area contributed by atoms with Crippen LogP contribution >= 0.6 is 0 Å². The Morgan fingerprint density at radius 2 is 1.30 bits per heavy atom. The Morgan fingerprint density at radius 3 is 1.81 bits per heavy atom. The zero-order valence-electron chi connectivity index (χ0n) is 15.6. The number of hydrogen-bond donors (Lipinski definition) is 2. The first kappa shape index (κ1) is 24.2. The number of carbonyl (C=O) groups excluding carboxylic acids is 5. The number of hydrogen-bond acceptors (Lipinski definition) is 8. The van der Waals surface area contributed by atoms with E-state index in [1.165, 1.54) is 13.8 Å². The van der Waals surface area contributed by atoms with E-state index in [0.717, 1.165) is 0 Å². The molecule has 0 heterocycles. The summed E-state index contributed by atoms with van der Waals surface area (Å²) < 4.78 is 14.7. The highest BCUT2D eigenvalue weighted by Gasteiger charge is 2.10. The van der Waals surface area contributed by atoms with E-state index in [4.69, 9.17) is 14.2 Å². The highest BCUT2D eigenvalue weighted by molar-refractivity contribution is 5.97. The summed E-state index contributed by atoms with van der Waals surface area (Å²) in [5, 5.41) is 4.89. The van der Waals surface area contributed by atoms with Gasteiger partial charge in [0.25, 0.3) is 0 Å². The second-order valence-corrected chi connectivity index (χ2v) is 5.50. The molecular weight excluding hydrogens is 360 g/mol. The quantitative estimate of drug-likeness (QED) is 0.172. The largest absolute Gasteiger partial charge is 0.463 e. The Kier molecular flexibility index (Phi) is 13.0. The highest BCUT2D eigenvalue weighted by Crippen LogP contribution is 1.92. The van der Waals surface area contributed by atoms with Gasteiger partial charge in [0.2, 0.25) is 11.8 Å². The molecule has 0 saturated carbocycles. The first-order chi connectivity index (χ1) is 12.7. The van der Waals surface area contributed by atoms with Gasteiger partial charge in [-0.05, 0) is 13.8 Å². The van der Waals surface area contributed by atoms with Crippen molar-refractivity contribution >= 4 is 29.5 Å². The maximum atomic E-state index is 11.5. The molecule has 2 amide bonds. The van der Waals surface area contributed by atoms with E-state index < -0.39 is 30.2 Å². The lowest BCUT2D eigenvalue weighted by atomic mass is 10.3. The molecule has 0 atom stereocenters. The summed E-state index contributed by atoms with van der Waals surface area (Å²) in [7, 11) is 0. The Hall–Kier alpha value is -2.75. The molecule has 10 heteroatoms. The first-order valence-corrected chi connectivity index (χ1v) is 8.31. The van der Waals surface area contributed by atoms with Gasteiger partial charge in [0.05, 0.1) is 19.6 Å². The molecule has 152 valence electrons. The number of amides is 2. The van der Waals surface area contributed by atoms with E-state index in [9.17, 15) is 24.0 Å². The first-order valence-electron chi connectivity index (χ1n) is 8.31. The Bertz CT molecular complexity index is 559. The molecular formula is C17H26N2O8. The fourth-order valence-electron chi connectivity index (χ4n) is 1.57. The van der Waals surface area contributed by atoms with E-state index in [1.54, 1.807) is 0 Å². The fourth-order valence-corrected chi connectivity index (χ4v) is 1.57. The van der Waals surface area contributed by atoms with Crippen LogP contribution in [0.2, 0.25) is 0 Å². The molecule has 0 bridgehead atoms. The lowest BCUT2D eigenvalue weighted by molar-refractivity contribution is -0.148. The Labute approximate surface area is 157 Å². The minimum Gasteiger partial charge on any atom is -0.463 e. The van der Waals surface area contributed by atoms with E-state index in [2.05, 4.69) is 17.2 Å². The highest BCUT2D eigenvalue weighted by atomic mass is 16.6. The van der Waals surface area contributed by atoms with Crippen LogP contribution in [0.25, 0.3) is 0 Å². The maximum Gasteiger partial charge on any atom is 0.333 e. The number of rotatable bonds is 14. The topological polar surface area (TPSA) is 137 Å². The summed E-state index contributed by atoms with van der Waals surface area (Å²) >= 11 is 0. The molecule has 0 rings (SSSR count). The van der Waals surface area contributed by atoms with Crippen molar-refractivity contribution in [3.05, 3.63) is 12.2 Å². The molecule has 0 radical (unpaired) electrons. The van der Waals surface area contributed by atoms with E-state index in [0.29, 0.717) is 5.57 Å². The molecule has 27 heavy (non-hydrogen) atoms. The molecule has 10 nitrogen and oxygen atoms in total. The van der Waals surface area contributed by atoms with Gasteiger partial charge in [-0.15, -0.1) is 0 Å². The predicted octanol–water partition coefficient (Wildman–Crippen LogP) is -0.733. The van der Waals surface area contributed by atoms with Crippen LogP contribution in [-0.4, -0.2) is 69.1 Å². The molecule has 0 spiro atoms. The summed E-state index contributed by atoms with van der Waals surface area (Å²) in [5.41, 5.74) is 0.292.